The molecule has 0 bridgehead atoms. The van der Waals surface area contributed by atoms with Gasteiger partial charge in [-0.3, -0.25) is 4.79 Å². The van der Waals surface area contributed by atoms with Crippen molar-refractivity contribution in [3.05, 3.63) is 56.6 Å². The fraction of sp³-hybridized carbons (Fsp3) is 0.188. The Bertz CT molecular complexity index is 767. The van der Waals surface area contributed by atoms with Crippen molar-refractivity contribution in [3.63, 3.8) is 0 Å². The maximum Gasteiger partial charge on any atom is 0.262 e. The van der Waals surface area contributed by atoms with E-state index in [4.69, 9.17) is 11.6 Å². The summed E-state index contributed by atoms with van der Waals surface area (Å²) in [7, 11) is 0. The molecule has 0 atom stereocenters. The van der Waals surface area contributed by atoms with Crippen LogP contribution in [0.4, 0.5) is 0 Å². The predicted octanol–water partition coefficient (Wildman–Crippen LogP) is 5.28. The lowest BCUT2D eigenvalue weighted by atomic mass is 10.2. The monoisotopic (exact) mass is 367 g/mol. The van der Waals surface area contributed by atoms with Gasteiger partial charge in [-0.15, -0.1) is 11.3 Å². The minimum atomic E-state index is -0.0812. The summed E-state index contributed by atoms with van der Waals surface area (Å²) in [6.45, 7) is 0.651. The number of fused-ring (bicyclic) bond motifs is 1. The molecule has 0 aliphatic heterocycles. The molecule has 6 heteroatoms. The van der Waals surface area contributed by atoms with Crippen molar-refractivity contribution in [2.24, 2.45) is 0 Å². The van der Waals surface area contributed by atoms with E-state index in [2.05, 4.69) is 22.1 Å². The van der Waals surface area contributed by atoms with E-state index >= 15 is 0 Å². The molecular weight excluding hydrogens is 354 g/mol. The lowest BCUT2D eigenvalue weighted by Gasteiger charge is -2.03. The Morgan fingerprint density at radius 3 is 2.91 bits per heavy atom. The molecular formula is C16H14ClNOS3. The summed E-state index contributed by atoms with van der Waals surface area (Å²) in [4.78, 5) is 12.8. The van der Waals surface area contributed by atoms with Gasteiger partial charge < -0.3 is 5.32 Å². The molecule has 2 heterocycles. The van der Waals surface area contributed by atoms with E-state index in [0.717, 1.165) is 21.6 Å². The van der Waals surface area contributed by atoms with Crippen LogP contribution in [0.2, 0.25) is 5.02 Å². The van der Waals surface area contributed by atoms with Crippen molar-refractivity contribution in [1.82, 2.24) is 5.32 Å². The van der Waals surface area contributed by atoms with Crippen LogP contribution in [0.3, 0.4) is 0 Å². The van der Waals surface area contributed by atoms with Gasteiger partial charge in [0.15, 0.2) is 0 Å². The number of carbonyl (C=O) groups is 1. The van der Waals surface area contributed by atoms with Gasteiger partial charge in [-0.1, -0.05) is 29.8 Å². The third kappa shape index (κ3) is 3.66. The van der Waals surface area contributed by atoms with E-state index < -0.39 is 0 Å². The Labute approximate surface area is 146 Å². The topological polar surface area (TPSA) is 29.1 Å². The summed E-state index contributed by atoms with van der Waals surface area (Å²) in [5.41, 5.74) is 1.34. The van der Waals surface area contributed by atoms with Crippen LogP contribution in [0.15, 0.2) is 41.1 Å². The zero-order valence-corrected chi connectivity index (χ0v) is 14.9. The summed E-state index contributed by atoms with van der Waals surface area (Å²) in [6.07, 6.45) is 0. The van der Waals surface area contributed by atoms with E-state index in [1.807, 2.05) is 36.0 Å². The predicted molar refractivity (Wildman–Crippen MR) is 99.6 cm³/mol. The lowest BCUT2D eigenvalue weighted by Crippen LogP contribution is -2.25. The average molecular weight is 368 g/mol. The molecule has 0 aliphatic rings. The Morgan fingerprint density at radius 2 is 2.14 bits per heavy atom. The molecule has 0 saturated carbocycles. The van der Waals surface area contributed by atoms with Gasteiger partial charge in [0.2, 0.25) is 0 Å². The molecule has 0 radical (unpaired) electrons. The molecule has 0 saturated heterocycles. The molecule has 3 rings (SSSR count). The number of thiophene rings is 2. The second-order valence-electron chi connectivity index (χ2n) is 4.68. The van der Waals surface area contributed by atoms with Gasteiger partial charge in [0.1, 0.15) is 4.88 Å². The standard InChI is InChI=1S/C16H14ClNOS3/c17-14-12-3-1-2-4-13(12)22-15(14)16(19)18-6-8-21-10-11-5-7-20-9-11/h1-5,7,9H,6,8,10H2,(H,18,19). The zero-order chi connectivity index (χ0) is 15.4. The first-order valence-corrected chi connectivity index (χ1v) is 10.1. The van der Waals surface area contributed by atoms with Gasteiger partial charge >= 0.3 is 0 Å². The zero-order valence-electron chi connectivity index (χ0n) is 11.7. The molecule has 0 fully saturated rings. The molecule has 0 aliphatic carbocycles. The van der Waals surface area contributed by atoms with Crippen molar-refractivity contribution in [2.75, 3.05) is 12.3 Å². The average Bonchev–Trinajstić information content (AvgIpc) is 3.15. The van der Waals surface area contributed by atoms with Crippen LogP contribution in [0.5, 0.6) is 0 Å². The van der Waals surface area contributed by atoms with Crippen molar-refractivity contribution in [2.45, 2.75) is 5.75 Å². The fourth-order valence-corrected chi connectivity index (χ4v) is 5.06. The number of benzene rings is 1. The first-order valence-electron chi connectivity index (χ1n) is 6.80. The van der Waals surface area contributed by atoms with Gasteiger partial charge in [-0.05, 0) is 28.5 Å². The first kappa shape index (κ1) is 15.9. The highest BCUT2D eigenvalue weighted by Gasteiger charge is 2.16. The molecule has 1 aromatic carbocycles. The first-order chi connectivity index (χ1) is 10.8. The van der Waals surface area contributed by atoms with Gasteiger partial charge in [0.25, 0.3) is 5.91 Å². The molecule has 3 aromatic rings. The number of amides is 1. The maximum atomic E-state index is 12.2. The molecule has 0 unspecified atom stereocenters. The molecule has 2 aromatic heterocycles. The minimum Gasteiger partial charge on any atom is -0.350 e. The lowest BCUT2D eigenvalue weighted by molar-refractivity contribution is 0.0960. The van der Waals surface area contributed by atoms with Gasteiger partial charge in [-0.25, -0.2) is 0 Å². The van der Waals surface area contributed by atoms with E-state index in [1.165, 1.54) is 16.9 Å². The molecule has 2 nitrogen and oxygen atoms in total. The summed E-state index contributed by atoms with van der Waals surface area (Å²) < 4.78 is 1.05. The highest BCUT2D eigenvalue weighted by Crippen LogP contribution is 2.34. The van der Waals surface area contributed by atoms with E-state index in [1.54, 1.807) is 11.3 Å². The fourth-order valence-electron chi connectivity index (χ4n) is 2.04. The summed E-state index contributed by atoms with van der Waals surface area (Å²) in [6, 6.07) is 9.95. The highest BCUT2D eigenvalue weighted by molar-refractivity contribution is 7.98. The van der Waals surface area contributed by atoms with E-state index in [-0.39, 0.29) is 5.91 Å². The number of hydrogen-bond acceptors (Lipinski definition) is 4. The molecule has 114 valence electrons. The van der Waals surface area contributed by atoms with Crippen LogP contribution >= 0.6 is 46.0 Å². The van der Waals surface area contributed by atoms with Crippen LogP contribution < -0.4 is 5.32 Å². The molecule has 1 amide bonds. The summed E-state index contributed by atoms with van der Waals surface area (Å²) in [5.74, 6) is 1.80. The summed E-state index contributed by atoms with van der Waals surface area (Å²) >= 11 is 11.3. The second kappa shape index (κ2) is 7.51. The summed E-state index contributed by atoms with van der Waals surface area (Å²) in [5, 5.41) is 8.70. The van der Waals surface area contributed by atoms with Crippen LogP contribution in [0.1, 0.15) is 15.2 Å². The number of halogens is 1. The largest absolute Gasteiger partial charge is 0.350 e. The third-order valence-corrected chi connectivity index (χ3v) is 6.56. The second-order valence-corrected chi connectivity index (χ2v) is 8.00. The number of carbonyl (C=O) groups excluding carboxylic acids is 1. The molecule has 22 heavy (non-hydrogen) atoms. The molecule has 1 N–H and O–H groups in total. The number of thioether (sulfide) groups is 1. The maximum absolute atomic E-state index is 12.2. The molecule has 0 spiro atoms. The van der Waals surface area contributed by atoms with Crippen LogP contribution in [0.25, 0.3) is 10.1 Å². The van der Waals surface area contributed by atoms with Crippen molar-refractivity contribution in [1.29, 1.82) is 0 Å². The van der Waals surface area contributed by atoms with Crippen molar-refractivity contribution < 1.29 is 4.79 Å². The van der Waals surface area contributed by atoms with Crippen molar-refractivity contribution in [3.8, 4) is 0 Å². The third-order valence-electron chi connectivity index (χ3n) is 3.12. The van der Waals surface area contributed by atoms with Crippen LogP contribution in [-0.2, 0) is 5.75 Å². The number of rotatable bonds is 6. The van der Waals surface area contributed by atoms with E-state index in [9.17, 15) is 4.79 Å². The Hall–Kier alpha value is -1.01. The van der Waals surface area contributed by atoms with Gasteiger partial charge in [0.05, 0.1) is 5.02 Å². The number of hydrogen-bond donors (Lipinski definition) is 1. The van der Waals surface area contributed by atoms with Crippen LogP contribution in [0, 0.1) is 0 Å². The number of nitrogens with one attached hydrogen (secondary N) is 1. The normalized spacial score (nSPS) is 11.0. The van der Waals surface area contributed by atoms with E-state index in [0.29, 0.717) is 16.4 Å². The van der Waals surface area contributed by atoms with Crippen LogP contribution in [-0.4, -0.2) is 18.2 Å². The quantitative estimate of drug-likeness (QED) is 0.600. The van der Waals surface area contributed by atoms with Crippen molar-refractivity contribution >= 4 is 62.0 Å². The SMILES string of the molecule is O=C(NCCSCc1ccsc1)c1sc2ccccc2c1Cl. The minimum absolute atomic E-state index is 0.0812. The Balaban J connectivity index is 1.52. The van der Waals surface area contributed by atoms with Gasteiger partial charge in [0, 0.05) is 28.1 Å². The van der Waals surface area contributed by atoms with Gasteiger partial charge in [-0.2, -0.15) is 23.1 Å². The smallest absolute Gasteiger partial charge is 0.262 e. The Kier molecular flexibility index (Phi) is 5.41. The Morgan fingerprint density at radius 1 is 1.27 bits per heavy atom. The highest BCUT2D eigenvalue weighted by atomic mass is 35.5.